The van der Waals surface area contributed by atoms with Crippen molar-refractivity contribution in [3.05, 3.63) is 44.2 Å². The van der Waals surface area contributed by atoms with E-state index in [2.05, 4.69) is 26.6 Å². The van der Waals surface area contributed by atoms with Crippen molar-refractivity contribution in [2.75, 3.05) is 25.1 Å². The molecule has 29 heavy (non-hydrogen) atoms. The van der Waals surface area contributed by atoms with Crippen molar-refractivity contribution in [1.82, 2.24) is 10.2 Å². The summed E-state index contributed by atoms with van der Waals surface area (Å²) in [5, 5.41) is 7.33. The van der Waals surface area contributed by atoms with Crippen molar-refractivity contribution in [2.45, 2.75) is 33.0 Å². The van der Waals surface area contributed by atoms with Crippen molar-refractivity contribution >= 4 is 44.3 Å². The van der Waals surface area contributed by atoms with Crippen LogP contribution in [0.5, 0.6) is 5.75 Å². The molecule has 2 N–H and O–H groups in total. The fourth-order valence-corrected chi connectivity index (χ4v) is 5.34. The number of nitrogens with zero attached hydrogens (tertiary/aromatic N) is 1. The van der Waals surface area contributed by atoms with Gasteiger partial charge in [-0.25, -0.2) is 4.79 Å². The van der Waals surface area contributed by atoms with Gasteiger partial charge in [0, 0.05) is 21.5 Å². The molecule has 1 atom stereocenters. The van der Waals surface area contributed by atoms with Gasteiger partial charge in [-0.3, -0.25) is 4.79 Å². The van der Waals surface area contributed by atoms with Gasteiger partial charge in [0.2, 0.25) is 0 Å². The van der Waals surface area contributed by atoms with Crippen LogP contribution in [0.2, 0.25) is 0 Å². The highest BCUT2D eigenvalue weighted by Crippen LogP contribution is 2.42. The number of fused-ring (bicyclic) bond motifs is 3. The van der Waals surface area contributed by atoms with Gasteiger partial charge in [-0.15, -0.1) is 11.3 Å². The molecule has 3 heterocycles. The SMILES string of the molecule is CCOC(=O)N1CCc2c(sc3c2C(=O)N[C@@H](c2cc(Br)ccc2OCC)N3)C1. The van der Waals surface area contributed by atoms with Crippen molar-refractivity contribution < 1.29 is 19.1 Å². The van der Waals surface area contributed by atoms with Gasteiger partial charge in [-0.1, -0.05) is 15.9 Å². The van der Waals surface area contributed by atoms with E-state index < -0.39 is 6.17 Å². The van der Waals surface area contributed by atoms with Gasteiger partial charge in [0.25, 0.3) is 5.91 Å². The summed E-state index contributed by atoms with van der Waals surface area (Å²) in [7, 11) is 0. The van der Waals surface area contributed by atoms with E-state index in [1.807, 2.05) is 25.1 Å². The summed E-state index contributed by atoms with van der Waals surface area (Å²) >= 11 is 5.03. The van der Waals surface area contributed by atoms with Gasteiger partial charge < -0.3 is 25.0 Å². The maximum absolute atomic E-state index is 13.0. The second-order valence-electron chi connectivity index (χ2n) is 6.74. The Morgan fingerprint density at radius 2 is 2.14 bits per heavy atom. The van der Waals surface area contributed by atoms with Crippen molar-refractivity contribution in [3.8, 4) is 5.75 Å². The minimum Gasteiger partial charge on any atom is -0.493 e. The predicted octanol–water partition coefficient (Wildman–Crippen LogP) is 4.28. The van der Waals surface area contributed by atoms with E-state index in [9.17, 15) is 9.59 Å². The van der Waals surface area contributed by atoms with Crippen molar-refractivity contribution in [3.63, 3.8) is 0 Å². The predicted molar refractivity (Wildman–Crippen MR) is 115 cm³/mol. The number of halogens is 1. The summed E-state index contributed by atoms with van der Waals surface area (Å²) < 4.78 is 11.8. The number of anilines is 1. The Hall–Kier alpha value is -2.26. The molecule has 0 saturated heterocycles. The first-order chi connectivity index (χ1) is 14.0. The Kier molecular flexibility index (Phi) is 5.69. The number of ether oxygens (including phenoxy) is 2. The number of benzene rings is 1. The number of hydrogen-bond acceptors (Lipinski definition) is 6. The molecule has 2 aliphatic rings. The van der Waals surface area contributed by atoms with Crippen LogP contribution in [0.3, 0.4) is 0 Å². The summed E-state index contributed by atoms with van der Waals surface area (Å²) in [6.07, 6.45) is -0.0634. The molecule has 0 unspecified atom stereocenters. The molecule has 0 saturated carbocycles. The second kappa shape index (κ2) is 8.23. The van der Waals surface area contributed by atoms with Gasteiger partial charge in [-0.2, -0.15) is 0 Å². The van der Waals surface area contributed by atoms with E-state index in [1.54, 1.807) is 11.8 Å². The number of rotatable bonds is 4. The maximum Gasteiger partial charge on any atom is 0.410 e. The summed E-state index contributed by atoms with van der Waals surface area (Å²) in [6.45, 7) is 5.63. The zero-order chi connectivity index (χ0) is 20.5. The Bertz CT molecular complexity index is 961. The van der Waals surface area contributed by atoms with E-state index >= 15 is 0 Å². The van der Waals surface area contributed by atoms with E-state index in [4.69, 9.17) is 9.47 Å². The third-order valence-electron chi connectivity index (χ3n) is 4.94. The van der Waals surface area contributed by atoms with Crippen molar-refractivity contribution in [1.29, 1.82) is 0 Å². The topological polar surface area (TPSA) is 79.9 Å². The Labute approximate surface area is 181 Å². The van der Waals surface area contributed by atoms with E-state index in [-0.39, 0.29) is 12.0 Å². The van der Waals surface area contributed by atoms with E-state index in [0.717, 1.165) is 31.2 Å². The normalized spacial score (nSPS) is 17.7. The molecule has 0 bridgehead atoms. The third kappa shape index (κ3) is 3.81. The standard InChI is InChI=1S/C20H22BrN3O4S/c1-3-27-14-6-5-11(21)9-13(14)17-22-18(25)16-12-7-8-24(20(26)28-4-2)10-15(12)29-19(16)23-17/h5-6,9,17,23H,3-4,7-8,10H2,1-2H3,(H,22,25)/t17-/m1/s1. The highest BCUT2D eigenvalue weighted by atomic mass is 79.9. The molecule has 0 fully saturated rings. The first kappa shape index (κ1) is 20.0. The fourth-order valence-electron chi connectivity index (χ4n) is 3.67. The van der Waals surface area contributed by atoms with Crippen LogP contribution in [0.25, 0.3) is 0 Å². The molecule has 1 aromatic heterocycles. The lowest BCUT2D eigenvalue weighted by atomic mass is 10.0. The lowest BCUT2D eigenvalue weighted by Gasteiger charge is -2.29. The summed E-state index contributed by atoms with van der Waals surface area (Å²) in [5.41, 5.74) is 2.57. The minimum absolute atomic E-state index is 0.103. The van der Waals surface area contributed by atoms with Crippen LogP contribution < -0.4 is 15.4 Å². The van der Waals surface area contributed by atoms with Crippen molar-refractivity contribution in [2.24, 2.45) is 0 Å². The first-order valence-corrected chi connectivity index (χ1v) is 11.2. The number of carbonyl (C=O) groups excluding carboxylic acids is 2. The summed E-state index contributed by atoms with van der Waals surface area (Å²) in [6, 6.07) is 5.76. The van der Waals surface area contributed by atoms with Crippen LogP contribution >= 0.6 is 27.3 Å². The Morgan fingerprint density at radius 1 is 1.31 bits per heavy atom. The zero-order valence-electron chi connectivity index (χ0n) is 16.2. The molecule has 4 rings (SSSR count). The van der Waals surface area contributed by atoms with Crippen LogP contribution in [-0.4, -0.2) is 36.7 Å². The zero-order valence-corrected chi connectivity index (χ0v) is 18.6. The van der Waals surface area contributed by atoms with Crippen LogP contribution in [0.1, 0.15) is 46.4 Å². The summed E-state index contributed by atoms with van der Waals surface area (Å²) in [5.74, 6) is 0.625. The lowest BCUT2D eigenvalue weighted by Crippen LogP contribution is -2.39. The molecule has 2 aromatic rings. The molecule has 9 heteroatoms. The molecule has 1 aromatic carbocycles. The largest absolute Gasteiger partial charge is 0.493 e. The molecule has 2 aliphatic heterocycles. The second-order valence-corrected chi connectivity index (χ2v) is 8.77. The van der Waals surface area contributed by atoms with Gasteiger partial charge in [0.15, 0.2) is 0 Å². The van der Waals surface area contributed by atoms with Gasteiger partial charge in [-0.05, 0) is 44.0 Å². The smallest absolute Gasteiger partial charge is 0.410 e. The molecule has 154 valence electrons. The Morgan fingerprint density at radius 3 is 2.90 bits per heavy atom. The van der Waals surface area contributed by atoms with Crippen LogP contribution in [0.15, 0.2) is 22.7 Å². The van der Waals surface area contributed by atoms with Gasteiger partial charge in [0.1, 0.15) is 16.9 Å². The molecule has 0 spiro atoms. The quantitative estimate of drug-likeness (QED) is 0.683. The van der Waals surface area contributed by atoms with Crippen LogP contribution in [0, 0.1) is 0 Å². The highest BCUT2D eigenvalue weighted by molar-refractivity contribution is 9.10. The molecular formula is C20H22BrN3O4S. The molecule has 7 nitrogen and oxygen atoms in total. The average Bonchev–Trinajstić information content (AvgIpc) is 3.07. The summed E-state index contributed by atoms with van der Waals surface area (Å²) in [4.78, 5) is 27.8. The number of amides is 2. The first-order valence-electron chi connectivity index (χ1n) is 9.57. The fraction of sp³-hybridized carbons (Fsp3) is 0.400. The Balaban J connectivity index is 1.63. The van der Waals surface area contributed by atoms with E-state index in [0.29, 0.717) is 38.3 Å². The number of hydrogen-bond donors (Lipinski definition) is 2. The van der Waals surface area contributed by atoms with Gasteiger partial charge in [0.05, 0.1) is 25.3 Å². The molecule has 0 aliphatic carbocycles. The highest BCUT2D eigenvalue weighted by Gasteiger charge is 2.35. The molecular weight excluding hydrogens is 458 g/mol. The molecule has 2 amide bonds. The van der Waals surface area contributed by atoms with Gasteiger partial charge >= 0.3 is 6.09 Å². The minimum atomic E-state index is -0.393. The maximum atomic E-state index is 13.0. The number of carbonyl (C=O) groups is 2. The number of thiophene rings is 1. The number of nitrogens with one attached hydrogen (secondary N) is 2. The molecule has 0 radical (unpaired) electrons. The van der Waals surface area contributed by atoms with Crippen LogP contribution in [-0.2, 0) is 17.7 Å². The third-order valence-corrected chi connectivity index (χ3v) is 6.58. The lowest BCUT2D eigenvalue weighted by molar-refractivity contribution is 0.0933. The average molecular weight is 480 g/mol. The van der Waals surface area contributed by atoms with Crippen LogP contribution in [0.4, 0.5) is 9.80 Å². The monoisotopic (exact) mass is 479 g/mol. The van der Waals surface area contributed by atoms with E-state index in [1.165, 1.54) is 11.3 Å².